The summed E-state index contributed by atoms with van der Waals surface area (Å²) < 4.78 is 0. The van der Waals surface area contributed by atoms with E-state index in [0.29, 0.717) is 0 Å². The minimum Gasteiger partial charge on any atom is -0.481 e. The Kier molecular flexibility index (Phi) is 25.2. The number of amides is 8. The smallest absolute Gasteiger partial charge is 0.326 e. The van der Waals surface area contributed by atoms with Crippen LogP contribution in [0.3, 0.4) is 0 Å². The van der Waals surface area contributed by atoms with Gasteiger partial charge < -0.3 is 80.2 Å². The normalized spacial score (nSPS) is 14.0. The van der Waals surface area contributed by atoms with Gasteiger partial charge in [-0.3, -0.25) is 58.1 Å². The summed E-state index contributed by atoms with van der Waals surface area (Å²) in [6, 6.07) is -10.9. The van der Waals surface area contributed by atoms with Crippen molar-refractivity contribution in [3.05, 3.63) is 0 Å². The Hall–Kier alpha value is -7.13. The maximum absolute atomic E-state index is 13.6. The number of carboxylic acids is 4. The highest BCUT2D eigenvalue weighted by Gasteiger charge is 2.33. The van der Waals surface area contributed by atoms with Gasteiger partial charge in [-0.05, 0) is 44.9 Å². The highest BCUT2D eigenvalue weighted by molar-refractivity contribution is 5.98. The van der Waals surface area contributed by atoms with Crippen LogP contribution in [0.5, 0.6) is 0 Å². The molecule has 0 aliphatic rings. The van der Waals surface area contributed by atoms with Gasteiger partial charge in [-0.15, -0.1) is 0 Å². The van der Waals surface area contributed by atoms with E-state index in [1.54, 1.807) is 13.8 Å². The minimum atomic E-state index is -1.79. The van der Waals surface area contributed by atoms with Crippen LogP contribution in [0.4, 0.5) is 0 Å². The Morgan fingerprint density at radius 1 is 0.540 bits per heavy atom. The summed E-state index contributed by atoms with van der Waals surface area (Å²) in [7, 11) is 0. The van der Waals surface area contributed by atoms with Gasteiger partial charge in [0.15, 0.2) is 5.96 Å². The highest BCUT2D eigenvalue weighted by atomic mass is 16.4. The molecule has 0 bridgehead atoms. The van der Waals surface area contributed by atoms with Crippen molar-refractivity contribution in [2.75, 3.05) is 13.1 Å². The average Bonchev–Trinajstić information content (AvgIpc) is 3.16. The van der Waals surface area contributed by atoms with E-state index in [9.17, 15) is 67.7 Å². The van der Waals surface area contributed by atoms with Crippen molar-refractivity contribution >= 4 is 77.1 Å². The first-order valence-electron chi connectivity index (χ1n) is 19.3. The molecule has 0 aromatic heterocycles. The molecule has 0 heterocycles. The van der Waals surface area contributed by atoms with Crippen LogP contribution in [0.2, 0.25) is 0 Å². The topological polar surface area (TPSA) is 484 Å². The third kappa shape index (κ3) is 24.7. The molecule has 0 radical (unpaired) electrons. The summed E-state index contributed by atoms with van der Waals surface area (Å²) in [6.45, 7) is 3.77. The minimum absolute atomic E-state index is 0.0339. The summed E-state index contributed by atoms with van der Waals surface area (Å²) in [6.07, 6.45) is -3.89. The molecule has 0 aromatic carbocycles. The zero-order valence-corrected chi connectivity index (χ0v) is 34.8. The first-order valence-corrected chi connectivity index (χ1v) is 19.3. The third-order valence-corrected chi connectivity index (χ3v) is 8.47. The number of nitrogens with two attached hydrogens (primary N) is 3. The maximum Gasteiger partial charge on any atom is 0.326 e. The number of carboxylic acid groups (broad SMARTS) is 4. The second-order valence-corrected chi connectivity index (χ2v) is 14.5. The largest absolute Gasteiger partial charge is 0.481 e. The van der Waals surface area contributed by atoms with Crippen LogP contribution in [0, 0.1) is 11.3 Å². The van der Waals surface area contributed by atoms with Gasteiger partial charge in [0.25, 0.3) is 0 Å². The Labute approximate surface area is 359 Å². The van der Waals surface area contributed by atoms with E-state index in [4.69, 9.17) is 32.8 Å². The molecule has 28 heteroatoms. The van der Waals surface area contributed by atoms with Gasteiger partial charge in [0.05, 0.1) is 25.4 Å². The number of carbonyl (C=O) groups excluding carboxylic acids is 8. The molecule has 0 saturated carbocycles. The molecular weight excluding hydrogens is 844 g/mol. The van der Waals surface area contributed by atoms with E-state index in [1.807, 2.05) is 5.32 Å². The SMILES string of the molecule is CC(C)C[C@H](NC(=O)[C@H](C)NC(=O)[C@H](CC(=O)O)NC(=O)[C@@H](N)CC(=O)O)C(=O)N[C@@H](CCCNC(=N)N)C(=O)NCC(=O)N[C@@H](CCC(N)=O)C(=O)N[C@@H](CCC(=O)O)C(=O)O. The highest BCUT2D eigenvalue weighted by Crippen LogP contribution is 2.08. The van der Waals surface area contributed by atoms with Crippen molar-refractivity contribution < 1.29 is 78.0 Å². The van der Waals surface area contributed by atoms with Crippen molar-refractivity contribution in [1.29, 1.82) is 5.41 Å². The van der Waals surface area contributed by atoms with Gasteiger partial charge in [-0.2, -0.15) is 0 Å². The van der Waals surface area contributed by atoms with Crippen LogP contribution in [-0.2, 0) is 57.5 Å². The fourth-order valence-corrected chi connectivity index (χ4v) is 5.28. The van der Waals surface area contributed by atoms with E-state index >= 15 is 0 Å². The summed E-state index contributed by atoms with van der Waals surface area (Å²) in [4.78, 5) is 148. The second-order valence-electron chi connectivity index (χ2n) is 14.5. The van der Waals surface area contributed by atoms with Gasteiger partial charge in [0.1, 0.15) is 36.3 Å². The molecule has 0 aromatic rings. The lowest BCUT2D eigenvalue weighted by atomic mass is 10.0. The molecule has 0 rings (SSSR count). The molecule has 8 amide bonds. The summed E-state index contributed by atoms with van der Waals surface area (Å²) in [5.74, 6) is -14.7. The van der Waals surface area contributed by atoms with Crippen LogP contribution in [-0.4, -0.2) is 153 Å². The lowest BCUT2D eigenvalue weighted by Gasteiger charge is -2.26. The first kappa shape index (κ1) is 55.9. The number of rotatable bonds is 31. The molecule has 354 valence electrons. The van der Waals surface area contributed by atoms with Gasteiger partial charge in [-0.25, -0.2) is 4.79 Å². The van der Waals surface area contributed by atoms with Crippen molar-refractivity contribution in [2.24, 2.45) is 23.1 Å². The van der Waals surface area contributed by atoms with Crippen LogP contribution in [0.15, 0.2) is 0 Å². The molecule has 0 unspecified atom stereocenters. The van der Waals surface area contributed by atoms with Crippen molar-refractivity contribution in [3.63, 3.8) is 0 Å². The maximum atomic E-state index is 13.6. The third-order valence-electron chi connectivity index (χ3n) is 8.47. The van der Waals surface area contributed by atoms with Gasteiger partial charge in [0.2, 0.25) is 47.3 Å². The van der Waals surface area contributed by atoms with Crippen LogP contribution < -0.4 is 59.7 Å². The summed E-state index contributed by atoms with van der Waals surface area (Å²) in [5, 5.41) is 62.0. The second kappa shape index (κ2) is 28.4. The first-order chi connectivity index (χ1) is 29.2. The Balaban J connectivity index is 6.07. The number of hydrogen-bond acceptors (Lipinski definition) is 14. The molecule has 7 atom stereocenters. The van der Waals surface area contributed by atoms with E-state index in [1.165, 1.54) is 6.92 Å². The zero-order chi connectivity index (χ0) is 48.6. The van der Waals surface area contributed by atoms with Crippen LogP contribution >= 0.6 is 0 Å². The van der Waals surface area contributed by atoms with Gasteiger partial charge >= 0.3 is 23.9 Å². The molecule has 28 nitrogen and oxygen atoms in total. The van der Waals surface area contributed by atoms with Gasteiger partial charge in [-0.1, -0.05) is 13.8 Å². The van der Waals surface area contributed by atoms with E-state index < -0.39 is 164 Å². The summed E-state index contributed by atoms with van der Waals surface area (Å²) >= 11 is 0. The van der Waals surface area contributed by atoms with E-state index in [2.05, 4.69) is 37.2 Å². The predicted molar refractivity (Wildman–Crippen MR) is 214 cm³/mol. The monoisotopic (exact) mass is 902 g/mol. The number of nitrogens with one attached hydrogen (secondary N) is 9. The lowest BCUT2D eigenvalue weighted by Crippen LogP contribution is -2.59. The Morgan fingerprint density at radius 3 is 1.57 bits per heavy atom. The fourth-order valence-electron chi connectivity index (χ4n) is 5.28. The number of aliphatic carboxylic acids is 4. The number of primary amides is 1. The van der Waals surface area contributed by atoms with Crippen molar-refractivity contribution in [2.45, 2.75) is 121 Å². The number of guanidine groups is 1. The molecule has 63 heavy (non-hydrogen) atoms. The summed E-state index contributed by atoms with van der Waals surface area (Å²) in [5.41, 5.74) is 16.0. The number of carbonyl (C=O) groups is 12. The molecule has 0 spiro atoms. The van der Waals surface area contributed by atoms with E-state index in [0.717, 1.165) is 0 Å². The molecule has 0 fully saturated rings. The Bertz CT molecular complexity index is 1710. The van der Waals surface area contributed by atoms with E-state index in [-0.39, 0.29) is 31.7 Å². The van der Waals surface area contributed by atoms with Crippen LogP contribution in [0.25, 0.3) is 0 Å². The molecule has 0 aliphatic carbocycles. The molecule has 19 N–H and O–H groups in total. The molecule has 0 saturated heterocycles. The standard InChI is InChI=1S/C35H58N12O16/c1-15(2)11-21(46-28(56)16(3)42-32(60)22(13-27(54)55)47-29(57)17(36)12-26(52)53)33(61)44-18(5-4-10-40-35(38)39)30(58)41-14-24(49)43-19(6-8-23(37)48)31(59)45-20(34(62)63)7-9-25(50)51/h15-22H,4-14,36H2,1-3H3,(H2,37,48)(H,41,58)(H,42,60)(H,43,49)(H,44,61)(H,45,59)(H,46,56)(H,47,57)(H,50,51)(H,52,53)(H,54,55)(H,62,63)(H4,38,39,40)/t16-,17-,18-,19-,20-,21-,22-/m0/s1. The molecule has 0 aliphatic heterocycles. The Morgan fingerprint density at radius 2 is 1.05 bits per heavy atom. The zero-order valence-electron chi connectivity index (χ0n) is 34.8. The van der Waals surface area contributed by atoms with Crippen molar-refractivity contribution in [3.8, 4) is 0 Å². The molecular formula is C35H58N12O16. The lowest BCUT2D eigenvalue weighted by molar-refractivity contribution is -0.143. The van der Waals surface area contributed by atoms with Crippen LogP contribution in [0.1, 0.15) is 78.6 Å². The van der Waals surface area contributed by atoms with Crippen molar-refractivity contribution in [1.82, 2.24) is 42.5 Å². The predicted octanol–water partition coefficient (Wildman–Crippen LogP) is -6.17. The fraction of sp³-hybridized carbons (Fsp3) is 0.629. The average molecular weight is 903 g/mol. The van der Waals surface area contributed by atoms with Gasteiger partial charge in [0, 0.05) is 19.4 Å². The number of hydrogen-bond donors (Lipinski definition) is 16. The quantitative estimate of drug-likeness (QED) is 0.0175.